The van der Waals surface area contributed by atoms with Gasteiger partial charge >= 0.3 is 0 Å². The molecule has 3 nitrogen and oxygen atoms in total. The van der Waals surface area contributed by atoms with Crippen molar-refractivity contribution < 1.29 is 9.59 Å². The van der Waals surface area contributed by atoms with Gasteiger partial charge in [0.2, 0.25) is 5.91 Å². The molecule has 1 saturated heterocycles. The zero-order valence-corrected chi connectivity index (χ0v) is 11.4. The van der Waals surface area contributed by atoms with Crippen molar-refractivity contribution in [3.63, 3.8) is 0 Å². The van der Waals surface area contributed by atoms with E-state index in [4.69, 9.17) is 0 Å². The molecule has 0 aliphatic carbocycles. The second-order valence-corrected chi connectivity index (χ2v) is 4.77. The van der Waals surface area contributed by atoms with Crippen LogP contribution in [-0.2, 0) is 9.59 Å². The van der Waals surface area contributed by atoms with Gasteiger partial charge in [0.15, 0.2) is 0 Å². The predicted molar refractivity (Wildman–Crippen MR) is 75.9 cm³/mol. The van der Waals surface area contributed by atoms with Crippen molar-refractivity contribution in [1.29, 1.82) is 0 Å². The number of nitrogens with zero attached hydrogens (tertiary/aromatic N) is 1. The third kappa shape index (κ3) is 2.65. The van der Waals surface area contributed by atoms with Crippen LogP contribution in [0.5, 0.6) is 0 Å². The van der Waals surface area contributed by atoms with Gasteiger partial charge in [-0.25, -0.2) is 4.90 Å². The first-order chi connectivity index (χ1) is 9.02. The van der Waals surface area contributed by atoms with E-state index in [1.54, 1.807) is 12.2 Å². The van der Waals surface area contributed by atoms with E-state index in [1.165, 1.54) is 4.90 Å². The zero-order valence-electron chi connectivity index (χ0n) is 11.4. The predicted octanol–water partition coefficient (Wildman–Crippen LogP) is 3.07. The van der Waals surface area contributed by atoms with Crippen molar-refractivity contribution in [3.8, 4) is 0 Å². The summed E-state index contributed by atoms with van der Waals surface area (Å²) in [5, 5.41) is 0. The number of imide groups is 1. The van der Waals surface area contributed by atoms with Crippen molar-refractivity contribution in [2.24, 2.45) is 0 Å². The molecule has 0 atom stereocenters. The lowest BCUT2D eigenvalue weighted by molar-refractivity contribution is -0.120. The van der Waals surface area contributed by atoms with Crippen LogP contribution < -0.4 is 4.90 Å². The van der Waals surface area contributed by atoms with Crippen LogP contribution in [0.2, 0.25) is 0 Å². The van der Waals surface area contributed by atoms with Gasteiger partial charge in [-0.2, -0.15) is 0 Å². The average molecular weight is 255 g/mol. The Morgan fingerprint density at radius 1 is 1.11 bits per heavy atom. The fourth-order valence-corrected chi connectivity index (χ4v) is 2.26. The minimum absolute atomic E-state index is 0.161. The third-order valence-electron chi connectivity index (χ3n) is 3.02. The molecule has 3 heteroatoms. The normalized spacial score (nSPS) is 18.1. The smallest absolute Gasteiger partial charge is 0.261 e. The minimum atomic E-state index is -0.215. The molecule has 0 spiro atoms. The summed E-state index contributed by atoms with van der Waals surface area (Å²) in [6.45, 7) is 5.79. The standard InChI is InChI=1S/C16H17NO2/c1-4-5-6-13-10-15(18)17(16(13)19)14-8-11(2)7-12(3)9-14/h4-9H,10H2,1-3H3. The highest BCUT2D eigenvalue weighted by Crippen LogP contribution is 2.27. The van der Waals surface area contributed by atoms with Crippen molar-refractivity contribution in [3.05, 3.63) is 53.1 Å². The van der Waals surface area contributed by atoms with Gasteiger partial charge in [0, 0.05) is 5.57 Å². The number of aryl methyl sites for hydroxylation is 2. The van der Waals surface area contributed by atoms with E-state index in [-0.39, 0.29) is 18.2 Å². The molecule has 0 radical (unpaired) electrons. The fourth-order valence-electron chi connectivity index (χ4n) is 2.26. The number of carbonyl (C=O) groups is 2. The van der Waals surface area contributed by atoms with E-state index < -0.39 is 0 Å². The molecule has 1 aliphatic heterocycles. The lowest BCUT2D eigenvalue weighted by Gasteiger charge is -2.15. The molecule has 0 saturated carbocycles. The third-order valence-corrected chi connectivity index (χ3v) is 3.02. The zero-order chi connectivity index (χ0) is 14.0. The van der Waals surface area contributed by atoms with Crippen molar-refractivity contribution in [2.45, 2.75) is 27.2 Å². The van der Waals surface area contributed by atoms with Crippen molar-refractivity contribution >= 4 is 17.5 Å². The van der Waals surface area contributed by atoms with Crippen molar-refractivity contribution in [2.75, 3.05) is 4.90 Å². The van der Waals surface area contributed by atoms with Gasteiger partial charge in [-0.1, -0.05) is 24.3 Å². The molecule has 1 heterocycles. The largest absolute Gasteiger partial charge is 0.274 e. The second-order valence-electron chi connectivity index (χ2n) is 4.77. The Morgan fingerprint density at radius 3 is 2.32 bits per heavy atom. The number of anilines is 1. The van der Waals surface area contributed by atoms with E-state index in [1.807, 2.05) is 45.0 Å². The lowest BCUT2D eigenvalue weighted by atomic mass is 10.1. The van der Waals surface area contributed by atoms with E-state index >= 15 is 0 Å². The first kappa shape index (κ1) is 13.3. The number of allylic oxidation sites excluding steroid dienone is 3. The molecule has 1 aliphatic rings. The van der Waals surface area contributed by atoms with Crippen LogP contribution in [0.1, 0.15) is 24.5 Å². The van der Waals surface area contributed by atoms with E-state index in [9.17, 15) is 9.59 Å². The molecule has 19 heavy (non-hydrogen) atoms. The quantitative estimate of drug-likeness (QED) is 0.601. The minimum Gasteiger partial charge on any atom is -0.274 e. The van der Waals surface area contributed by atoms with Crippen LogP contribution in [0.3, 0.4) is 0 Å². The van der Waals surface area contributed by atoms with Crippen LogP contribution in [0.25, 0.3) is 0 Å². The van der Waals surface area contributed by atoms with E-state index in [0.717, 1.165) is 11.1 Å². The highest BCUT2D eigenvalue weighted by Gasteiger charge is 2.34. The molecule has 0 unspecified atom stereocenters. The van der Waals surface area contributed by atoms with Crippen LogP contribution in [0.15, 0.2) is 42.0 Å². The maximum atomic E-state index is 12.2. The van der Waals surface area contributed by atoms with Gasteiger partial charge in [0.25, 0.3) is 5.91 Å². The summed E-state index contributed by atoms with van der Waals surface area (Å²) >= 11 is 0. The summed E-state index contributed by atoms with van der Waals surface area (Å²) in [5.41, 5.74) is 3.29. The highest BCUT2D eigenvalue weighted by molar-refractivity contribution is 6.28. The summed E-state index contributed by atoms with van der Waals surface area (Å²) in [5.74, 6) is -0.376. The SMILES string of the molecule is CC=CC=C1CC(=O)N(c2cc(C)cc(C)c2)C1=O. The topological polar surface area (TPSA) is 37.4 Å². The van der Waals surface area contributed by atoms with Gasteiger partial charge in [-0.15, -0.1) is 0 Å². The maximum absolute atomic E-state index is 12.2. The fraction of sp³-hybridized carbons (Fsp3) is 0.250. The lowest BCUT2D eigenvalue weighted by Crippen LogP contribution is -2.29. The summed E-state index contributed by atoms with van der Waals surface area (Å²) in [4.78, 5) is 25.5. The first-order valence-electron chi connectivity index (χ1n) is 6.30. The molecule has 1 fully saturated rings. The van der Waals surface area contributed by atoms with Gasteiger partial charge in [-0.05, 0) is 44.0 Å². The summed E-state index contributed by atoms with van der Waals surface area (Å²) in [6, 6.07) is 5.74. The molecule has 2 amide bonds. The van der Waals surface area contributed by atoms with Gasteiger partial charge in [-0.3, -0.25) is 9.59 Å². The molecular formula is C16H17NO2. The molecular weight excluding hydrogens is 238 g/mol. The van der Waals surface area contributed by atoms with Gasteiger partial charge < -0.3 is 0 Å². The van der Waals surface area contributed by atoms with Gasteiger partial charge in [0.1, 0.15) is 0 Å². The first-order valence-corrected chi connectivity index (χ1v) is 6.30. The monoisotopic (exact) mass is 255 g/mol. The summed E-state index contributed by atoms with van der Waals surface area (Å²) in [6.07, 6.45) is 5.51. The molecule has 0 bridgehead atoms. The molecule has 98 valence electrons. The summed E-state index contributed by atoms with van der Waals surface area (Å²) < 4.78 is 0. The number of carbonyl (C=O) groups excluding carboxylic acids is 2. The molecule has 0 N–H and O–H groups in total. The summed E-state index contributed by atoms with van der Waals surface area (Å²) in [7, 11) is 0. The van der Waals surface area contributed by atoms with E-state index in [2.05, 4.69) is 0 Å². The van der Waals surface area contributed by atoms with Crippen LogP contribution >= 0.6 is 0 Å². The Hall–Kier alpha value is -2.16. The number of hydrogen-bond donors (Lipinski definition) is 0. The Morgan fingerprint density at radius 2 is 1.74 bits per heavy atom. The maximum Gasteiger partial charge on any atom is 0.261 e. The number of hydrogen-bond acceptors (Lipinski definition) is 2. The number of rotatable bonds is 2. The van der Waals surface area contributed by atoms with Crippen LogP contribution in [0, 0.1) is 13.8 Å². The Kier molecular flexibility index (Phi) is 3.65. The average Bonchev–Trinajstić information content (AvgIpc) is 2.60. The van der Waals surface area contributed by atoms with Gasteiger partial charge in [0.05, 0.1) is 12.1 Å². The Labute approximate surface area is 113 Å². The number of amides is 2. The highest BCUT2D eigenvalue weighted by atomic mass is 16.2. The molecule has 2 rings (SSSR count). The molecule has 1 aromatic carbocycles. The number of benzene rings is 1. The van der Waals surface area contributed by atoms with Crippen molar-refractivity contribution in [1.82, 2.24) is 0 Å². The Balaban J connectivity index is 2.40. The Bertz CT molecular complexity index is 577. The van der Waals surface area contributed by atoms with E-state index in [0.29, 0.717) is 11.3 Å². The van der Waals surface area contributed by atoms with Crippen LogP contribution in [0.4, 0.5) is 5.69 Å². The molecule has 0 aromatic heterocycles. The van der Waals surface area contributed by atoms with Crippen LogP contribution in [-0.4, -0.2) is 11.8 Å². The molecule has 1 aromatic rings. The second kappa shape index (κ2) is 5.22.